The van der Waals surface area contributed by atoms with Gasteiger partial charge in [-0.1, -0.05) is 35.9 Å². The van der Waals surface area contributed by atoms with E-state index in [4.69, 9.17) is 11.6 Å². The zero-order valence-corrected chi connectivity index (χ0v) is 16.5. The van der Waals surface area contributed by atoms with Crippen molar-refractivity contribution in [3.8, 4) is 10.7 Å². The molecule has 0 aliphatic carbocycles. The Labute approximate surface area is 169 Å². The number of aromatic nitrogens is 3. The van der Waals surface area contributed by atoms with Gasteiger partial charge in [0.15, 0.2) is 5.82 Å². The predicted molar refractivity (Wildman–Crippen MR) is 111 cm³/mol. The van der Waals surface area contributed by atoms with Crippen LogP contribution < -0.4 is 5.32 Å². The van der Waals surface area contributed by atoms with Crippen LogP contribution in [0.25, 0.3) is 21.7 Å². The van der Waals surface area contributed by atoms with Gasteiger partial charge in [-0.2, -0.15) is 4.98 Å². The highest BCUT2D eigenvalue weighted by Gasteiger charge is 2.12. The number of carbonyl (C=O) groups excluding carboxylic acids is 1. The lowest BCUT2D eigenvalue weighted by Crippen LogP contribution is -2.23. The van der Waals surface area contributed by atoms with Gasteiger partial charge in [-0.3, -0.25) is 4.79 Å². The number of halogens is 1. The van der Waals surface area contributed by atoms with Crippen molar-refractivity contribution >= 4 is 51.2 Å². The molecule has 1 aromatic carbocycles. The molecule has 4 aromatic rings. The van der Waals surface area contributed by atoms with Crippen LogP contribution in [0.2, 0.25) is 5.02 Å². The van der Waals surface area contributed by atoms with E-state index in [-0.39, 0.29) is 5.91 Å². The summed E-state index contributed by atoms with van der Waals surface area (Å²) in [6.07, 6.45) is 3.89. The Hall–Kier alpha value is -2.48. The first-order valence-corrected chi connectivity index (χ1v) is 10.4. The third kappa shape index (κ3) is 4.10. The Bertz CT molecular complexity index is 1100. The molecule has 8 heteroatoms. The Kier molecular flexibility index (Phi) is 5.33. The maximum Gasteiger partial charge on any atom is 0.244 e. The minimum absolute atomic E-state index is 0.153. The number of hydrogen-bond donors (Lipinski definition) is 1. The van der Waals surface area contributed by atoms with E-state index in [0.29, 0.717) is 18.0 Å². The molecule has 0 unspecified atom stereocenters. The Morgan fingerprint density at radius 2 is 2.11 bits per heavy atom. The highest BCUT2D eigenvalue weighted by Crippen LogP contribution is 2.24. The average Bonchev–Trinajstić information content (AvgIpc) is 3.39. The van der Waals surface area contributed by atoms with E-state index >= 15 is 0 Å². The number of hydrogen-bond acceptors (Lipinski definition) is 5. The summed E-state index contributed by atoms with van der Waals surface area (Å²) in [6.45, 7) is 0.520. The number of amides is 1. The molecule has 136 valence electrons. The van der Waals surface area contributed by atoms with Crippen LogP contribution in [0.15, 0.2) is 53.2 Å². The molecule has 5 nitrogen and oxygen atoms in total. The average molecular weight is 415 g/mol. The number of thiazole rings is 1. The van der Waals surface area contributed by atoms with Crippen molar-refractivity contribution in [2.24, 2.45) is 0 Å². The molecule has 0 bridgehead atoms. The third-order valence-corrected chi connectivity index (χ3v) is 5.97. The Balaban J connectivity index is 1.36. The number of benzene rings is 1. The van der Waals surface area contributed by atoms with Gasteiger partial charge in [0.2, 0.25) is 10.9 Å². The van der Waals surface area contributed by atoms with Gasteiger partial charge in [0.1, 0.15) is 0 Å². The third-order valence-electron chi connectivity index (χ3n) is 3.89. The summed E-state index contributed by atoms with van der Waals surface area (Å²) in [5.41, 5.74) is 1.85. The molecule has 0 aliphatic rings. The van der Waals surface area contributed by atoms with Crippen LogP contribution in [-0.2, 0) is 11.2 Å². The predicted octanol–water partition coefficient (Wildman–Crippen LogP) is 4.54. The second-order valence-electron chi connectivity index (χ2n) is 5.73. The first-order valence-electron chi connectivity index (χ1n) is 8.28. The molecule has 3 aromatic heterocycles. The number of rotatable bonds is 6. The van der Waals surface area contributed by atoms with Gasteiger partial charge in [0.25, 0.3) is 0 Å². The van der Waals surface area contributed by atoms with Crippen LogP contribution in [-0.4, -0.2) is 27.0 Å². The lowest BCUT2D eigenvalue weighted by Gasteiger charge is -2.01. The minimum Gasteiger partial charge on any atom is -0.352 e. The zero-order chi connectivity index (χ0) is 18.6. The summed E-state index contributed by atoms with van der Waals surface area (Å²) < 4.78 is 1.85. The van der Waals surface area contributed by atoms with Crippen molar-refractivity contribution in [3.63, 3.8) is 0 Å². The summed E-state index contributed by atoms with van der Waals surface area (Å²) in [4.78, 5) is 18.5. The number of fused-ring (bicyclic) bond motifs is 1. The van der Waals surface area contributed by atoms with Crippen molar-refractivity contribution in [3.05, 3.63) is 69.5 Å². The van der Waals surface area contributed by atoms with Crippen molar-refractivity contribution < 1.29 is 4.79 Å². The van der Waals surface area contributed by atoms with E-state index < -0.39 is 0 Å². The van der Waals surface area contributed by atoms with E-state index in [1.165, 1.54) is 6.08 Å². The normalized spacial score (nSPS) is 11.4. The van der Waals surface area contributed by atoms with Gasteiger partial charge < -0.3 is 5.32 Å². The van der Waals surface area contributed by atoms with Crippen LogP contribution in [0.5, 0.6) is 0 Å². The van der Waals surface area contributed by atoms with Crippen molar-refractivity contribution in [1.82, 2.24) is 19.9 Å². The highest BCUT2D eigenvalue weighted by molar-refractivity contribution is 7.15. The second-order valence-corrected chi connectivity index (χ2v) is 7.92. The summed E-state index contributed by atoms with van der Waals surface area (Å²) in [7, 11) is 0. The van der Waals surface area contributed by atoms with E-state index in [0.717, 1.165) is 26.9 Å². The molecule has 4 rings (SSSR count). The van der Waals surface area contributed by atoms with Crippen LogP contribution >= 0.6 is 34.3 Å². The van der Waals surface area contributed by atoms with E-state index in [1.807, 2.05) is 45.6 Å². The van der Waals surface area contributed by atoms with Crippen molar-refractivity contribution in [2.75, 3.05) is 6.54 Å². The molecule has 27 heavy (non-hydrogen) atoms. The largest absolute Gasteiger partial charge is 0.352 e. The summed E-state index contributed by atoms with van der Waals surface area (Å²) >= 11 is 9.25. The first-order chi connectivity index (χ1) is 13.2. The zero-order valence-electron chi connectivity index (χ0n) is 14.1. The molecular weight excluding hydrogens is 400 g/mol. The monoisotopic (exact) mass is 414 g/mol. The fourth-order valence-electron chi connectivity index (χ4n) is 2.56. The van der Waals surface area contributed by atoms with E-state index in [2.05, 4.69) is 15.4 Å². The van der Waals surface area contributed by atoms with Gasteiger partial charge in [0, 0.05) is 29.4 Å². The van der Waals surface area contributed by atoms with Gasteiger partial charge in [-0.25, -0.2) is 4.52 Å². The fraction of sp³-hybridized carbons (Fsp3) is 0.105. The number of thiophene rings is 1. The van der Waals surface area contributed by atoms with Crippen molar-refractivity contribution in [2.45, 2.75) is 6.42 Å². The maximum absolute atomic E-state index is 12.0. The standard InChI is InChI=1S/C19H15ClN4OS2/c20-15-5-2-1-4-13(15)7-8-17(25)21-10-9-14-12-27-19-22-18(23-24(14)19)16-6-3-11-26-16/h1-8,11-12H,9-10H2,(H,21,25)/b8-7+. The molecule has 0 saturated heterocycles. The fourth-order valence-corrected chi connectivity index (χ4v) is 4.26. The molecule has 1 amide bonds. The SMILES string of the molecule is O=C(/C=C/c1ccccc1Cl)NCCc1csc2nc(-c3cccs3)nn12. The highest BCUT2D eigenvalue weighted by atomic mass is 35.5. The van der Waals surface area contributed by atoms with Gasteiger partial charge in [-0.05, 0) is 29.2 Å². The van der Waals surface area contributed by atoms with Gasteiger partial charge in [0.05, 0.1) is 10.6 Å². The quantitative estimate of drug-likeness (QED) is 0.471. The maximum atomic E-state index is 12.0. The molecule has 0 saturated carbocycles. The smallest absolute Gasteiger partial charge is 0.244 e. The number of carbonyl (C=O) groups is 1. The van der Waals surface area contributed by atoms with Crippen LogP contribution in [0.3, 0.4) is 0 Å². The molecule has 0 fully saturated rings. The topological polar surface area (TPSA) is 59.3 Å². The Morgan fingerprint density at radius 3 is 2.93 bits per heavy atom. The molecule has 0 radical (unpaired) electrons. The first kappa shape index (κ1) is 17.9. The molecule has 3 heterocycles. The van der Waals surface area contributed by atoms with Crippen LogP contribution in [0, 0.1) is 0 Å². The molecule has 1 N–H and O–H groups in total. The van der Waals surface area contributed by atoms with E-state index in [1.54, 1.807) is 34.8 Å². The van der Waals surface area contributed by atoms with Crippen molar-refractivity contribution in [1.29, 1.82) is 0 Å². The second kappa shape index (κ2) is 8.04. The summed E-state index contributed by atoms with van der Waals surface area (Å²) in [6, 6.07) is 11.4. The lowest BCUT2D eigenvalue weighted by atomic mass is 10.2. The Morgan fingerprint density at radius 1 is 1.22 bits per heavy atom. The molecule has 0 spiro atoms. The van der Waals surface area contributed by atoms with E-state index in [9.17, 15) is 4.79 Å². The molecule has 0 aliphatic heterocycles. The molecule has 0 atom stereocenters. The minimum atomic E-state index is -0.153. The van der Waals surface area contributed by atoms with Crippen LogP contribution in [0.4, 0.5) is 0 Å². The van der Waals surface area contributed by atoms with Gasteiger partial charge in [-0.15, -0.1) is 27.8 Å². The van der Waals surface area contributed by atoms with Gasteiger partial charge >= 0.3 is 0 Å². The molecular formula is C19H15ClN4OS2. The van der Waals surface area contributed by atoms with Crippen LogP contribution in [0.1, 0.15) is 11.3 Å². The summed E-state index contributed by atoms with van der Waals surface area (Å²) in [5.74, 6) is 0.587. The lowest BCUT2D eigenvalue weighted by molar-refractivity contribution is -0.116. The summed E-state index contributed by atoms with van der Waals surface area (Å²) in [5, 5.41) is 12.1. The number of nitrogens with zero attached hydrogens (tertiary/aromatic N) is 3. The number of nitrogens with one attached hydrogen (secondary N) is 1.